The van der Waals surface area contributed by atoms with Crippen molar-refractivity contribution in [2.45, 2.75) is 32.4 Å². The van der Waals surface area contributed by atoms with Crippen LogP contribution in [0.1, 0.15) is 38.7 Å². The minimum absolute atomic E-state index is 0.0419. The average Bonchev–Trinajstić information content (AvgIpc) is 3.15. The Balaban J connectivity index is 1.52. The second-order valence-electron chi connectivity index (χ2n) is 6.93. The first-order valence-corrected chi connectivity index (χ1v) is 9.20. The number of carbonyl (C=O) groups is 1. The molecule has 0 fully saturated rings. The molecule has 1 amide bonds. The van der Waals surface area contributed by atoms with Crippen LogP contribution in [0.2, 0.25) is 0 Å². The monoisotopic (exact) mass is 438 g/mol. The quantitative estimate of drug-likeness (QED) is 0.586. The molecular weight excluding hydrogens is 423 g/mol. The lowest BCUT2D eigenvalue weighted by atomic mass is 10.1. The standard InChI is InChI=1S/C19H15F5N6O/c20-7-11-1-2-12(26-8-11)9-30-15-4-6-29(10-14(15)27-28-30)18(31)17-16(21)13(3-5-25-17)19(22,23)24/h1-3,5,8H,4,6-7,9-10H2. The summed E-state index contributed by atoms with van der Waals surface area (Å²) in [5.41, 5.74) is -0.151. The molecule has 7 nitrogen and oxygen atoms in total. The van der Waals surface area contributed by atoms with Gasteiger partial charge >= 0.3 is 6.18 Å². The van der Waals surface area contributed by atoms with E-state index in [0.717, 1.165) is 11.9 Å². The molecule has 0 radical (unpaired) electrons. The third-order valence-electron chi connectivity index (χ3n) is 4.91. The van der Waals surface area contributed by atoms with E-state index in [2.05, 4.69) is 20.3 Å². The summed E-state index contributed by atoms with van der Waals surface area (Å²) in [7, 11) is 0. The predicted molar refractivity (Wildman–Crippen MR) is 95.8 cm³/mol. The number of alkyl halides is 4. The predicted octanol–water partition coefficient (Wildman–Crippen LogP) is 2.94. The van der Waals surface area contributed by atoms with Gasteiger partial charge in [0.05, 0.1) is 30.0 Å². The van der Waals surface area contributed by atoms with Crippen LogP contribution in [0.25, 0.3) is 0 Å². The molecule has 4 heterocycles. The number of pyridine rings is 2. The Labute approximate surface area is 172 Å². The van der Waals surface area contributed by atoms with E-state index in [0.29, 0.717) is 29.4 Å². The van der Waals surface area contributed by atoms with Crippen molar-refractivity contribution in [3.63, 3.8) is 0 Å². The number of aromatic nitrogens is 5. The number of halogens is 5. The van der Waals surface area contributed by atoms with E-state index in [-0.39, 0.29) is 19.6 Å². The first-order valence-electron chi connectivity index (χ1n) is 9.20. The van der Waals surface area contributed by atoms with Gasteiger partial charge in [-0.2, -0.15) is 13.2 Å². The van der Waals surface area contributed by atoms with E-state index in [9.17, 15) is 26.7 Å². The molecule has 0 spiro atoms. The van der Waals surface area contributed by atoms with Gasteiger partial charge in [0.1, 0.15) is 12.4 Å². The van der Waals surface area contributed by atoms with Crippen LogP contribution in [0, 0.1) is 5.82 Å². The summed E-state index contributed by atoms with van der Waals surface area (Å²) < 4.78 is 67.2. The molecule has 31 heavy (non-hydrogen) atoms. The highest BCUT2D eigenvalue weighted by atomic mass is 19.4. The van der Waals surface area contributed by atoms with E-state index >= 15 is 0 Å². The molecule has 1 aliphatic heterocycles. The summed E-state index contributed by atoms with van der Waals surface area (Å²) in [6.45, 7) is -0.242. The smallest absolute Gasteiger partial charge is 0.331 e. The molecule has 162 valence electrons. The largest absolute Gasteiger partial charge is 0.419 e. The number of carbonyl (C=O) groups excluding carboxylic acids is 1. The lowest BCUT2D eigenvalue weighted by Crippen LogP contribution is -2.37. The zero-order chi connectivity index (χ0) is 22.2. The van der Waals surface area contributed by atoms with E-state index in [1.54, 1.807) is 16.8 Å². The molecule has 4 rings (SSSR count). The lowest BCUT2D eigenvalue weighted by molar-refractivity contribution is -0.140. The van der Waals surface area contributed by atoms with Gasteiger partial charge in [-0.3, -0.25) is 9.78 Å². The molecule has 0 atom stereocenters. The van der Waals surface area contributed by atoms with Gasteiger partial charge in [0.2, 0.25) is 0 Å². The van der Waals surface area contributed by atoms with Gasteiger partial charge in [-0.05, 0) is 12.1 Å². The van der Waals surface area contributed by atoms with Crippen molar-refractivity contribution in [1.29, 1.82) is 0 Å². The number of amides is 1. The summed E-state index contributed by atoms with van der Waals surface area (Å²) in [6.07, 6.45) is -2.44. The van der Waals surface area contributed by atoms with Crippen LogP contribution >= 0.6 is 0 Å². The van der Waals surface area contributed by atoms with Crippen LogP contribution in [0.5, 0.6) is 0 Å². The topological polar surface area (TPSA) is 76.8 Å². The van der Waals surface area contributed by atoms with Crippen LogP contribution in [0.15, 0.2) is 30.6 Å². The maximum atomic E-state index is 14.3. The molecule has 0 N–H and O–H groups in total. The molecule has 0 aliphatic carbocycles. The van der Waals surface area contributed by atoms with Gasteiger partial charge in [0.15, 0.2) is 11.5 Å². The van der Waals surface area contributed by atoms with Crippen molar-refractivity contribution in [2.75, 3.05) is 6.54 Å². The summed E-state index contributed by atoms with van der Waals surface area (Å²) >= 11 is 0. The molecular formula is C19H15F5N6O. The van der Waals surface area contributed by atoms with Crippen molar-refractivity contribution in [3.8, 4) is 0 Å². The molecule has 12 heteroatoms. The Hall–Kier alpha value is -3.44. The van der Waals surface area contributed by atoms with Gasteiger partial charge < -0.3 is 4.90 Å². The fourth-order valence-electron chi connectivity index (χ4n) is 3.31. The van der Waals surface area contributed by atoms with Crippen LogP contribution in [0.4, 0.5) is 22.0 Å². The molecule has 3 aromatic rings. The van der Waals surface area contributed by atoms with E-state index in [1.807, 2.05) is 0 Å². The van der Waals surface area contributed by atoms with Crippen molar-refractivity contribution < 1.29 is 26.7 Å². The zero-order valence-electron chi connectivity index (χ0n) is 15.9. The Bertz CT molecular complexity index is 1110. The molecule has 0 saturated carbocycles. The maximum Gasteiger partial charge on any atom is 0.419 e. The van der Waals surface area contributed by atoms with Gasteiger partial charge in [-0.15, -0.1) is 5.10 Å². The van der Waals surface area contributed by atoms with E-state index in [4.69, 9.17) is 0 Å². The molecule has 3 aromatic heterocycles. The average molecular weight is 438 g/mol. The number of rotatable bonds is 4. The first kappa shape index (κ1) is 20.8. The molecule has 0 unspecified atom stereocenters. The SMILES string of the molecule is O=C(c1nccc(C(F)(F)F)c1F)N1CCc2c(nnn2Cc2ccc(CF)cn2)C1. The third kappa shape index (κ3) is 4.09. The summed E-state index contributed by atoms with van der Waals surface area (Å²) in [5.74, 6) is -2.65. The van der Waals surface area contributed by atoms with E-state index < -0.39 is 35.8 Å². The second-order valence-corrected chi connectivity index (χ2v) is 6.93. The molecule has 1 aliphatic rings. The maximum absolute atomic E-state index is 14.3. The Morgan fingerprint density at radius 3 is 2.65 bits per heavy atom. The molecule has 0 saturated heterocycles. The highest BCUT2D eigenvalue weighted by molar-refractivity contribution is 5.92. The minimum atomic E-state index is -4.93. The number of hydrogen-bond acceptors (Lipinski definition) is 5. The first-order chi connectivity index (χ1) is 14.8. The van der Waals surface area contributed by atoms with Crippen LogP contribution in [-0.4, -0.2) is 42.3 Å². The fourth-order valence-corrected chi connectivity index (χ4v) is 3.31. The minimum Gasteiger partial charge on any atom is -0.331 e. The normalized spacial score (nSPS) is 13.9. The van der Waals surface area contributed by atoms with Gasteiger partial charge in [-0.1, -0.05) is 11.3 Å². The van der Waals surface area contributed by atoms with Crippen molar-refractivity contribution in [1.82, 2.24) is 29.9 Å². The summed E-state index contributed by atoms with van der Waals surface area (Å²) in [5, 5.41) is 8.07. The van der Waals surface area contributed by atoms with Crippen molar-refractivity contribution in [3.05, 3.63) is 70.3 Å². The van der Waals surface area contributed by atoms with Crippen LogP contribution in [0.3, 0.4) is 0 Å². The third-order valence-corrected chi connectivity index (χ3v) is 4.91. The molecule has 0 aromatic carbocycles. The number of hydrogen-bond donors (Lipinski definition) is 0. The number of nitrogens with zero attached hydrogens (tertiary/aromatic N) is 6. The Morgan fingerprint density at radius 2 is 1.97 bits per heavy atom. The van der Waals surface area contributed by atoms with Crippen molar-refractivity contribution >= 4 is 5.91 Å². The van der Waals surface area contributed by atoms with Crippen molar-refractivity contribution in [2.24, 2.45) is 0 Å². The van der Waals surface area contributed by atoms with Gasteiger partial charge in [0.25, 0.3) is 5.91 Å². The fraction of sp³-hybridized carbons (Fsp3) is 0.316. The van der Waals surface area contributed by atoms with Gasteiger partial charge in [-0.25, -0.2) is 18.4 Å². The van der Waals surface area contributed by atoms with Crippen LogP contribution < -0.4 is 0 Å². The number of fused-ring (bicyclic) bond motifs is 1. The van der Waals surface area contributed by atoms with Crippen LogP contribution in [-0.2, 0) is 32.4 Å². The highest BCUT2D eigenvalue weighted by Gasteiger charge is 2.37. The lowest BCUT2D eigenvalue weighted by Gasteiger charge is -2.26. The second kappa shape index (κ2) is 8.00. The Kier molecular flexibility index (Phi) is 5.38. The Morgan fingerprint density at radius 1 is 1.16 bits per heavy atom. The zero-order valence-corrected chi connectivity index (χ0v) is 15.9. The molecule has 0 bridgehead atoms. The van der Waals surface area contributed by atoms with Gasteiger partial charge in [0, 0.05) is 30.9 Å². The summed E-state index contributed by atoms with van der Waals surface area (Å²) in [4.78, 5) is 21.5. The highest BCUT2D eigenvalue weighted by Crippen LogP contribution is 2.32. The summed E-state index contributed by atoms with van der Waals surface area (Å²) in [6, 6.07) is 3.77. The van der Waals surface area contributed by atoms with E-state index in [1.165, 1.54) is 11.1 Å².